The van der Waals surface area contributed by atoms with Gasteiger partial charge in [0, 0.05) is 5.57 Å². The Morgan fingerprint density at radius 3 is 1.33 bits per heavy atom. The highest BCUT2D eigenvalue weighted by Gasteiger charge is 2.42. The van der Waals surface area contributed by atoms with Gasteiger partial charge in [-0.15, -0.1) is 0 Å². The second kappa shape index (κ2) is 20.1. The largest absolute Gasteiger partial charge is 0.455 e. The molecule has 0 aromatic heterocycles. The first-order valence-corrected chi connectivity index (χ1v) is 17.4. The highest BCUT2D eigenvalue weighted by molar-refractivity contribution is 5.90. The Labute approximate surface area is 241 Å². The van der Waals surface area contributed by atoms with Gasteiger partial charge in [-0.05, 0) is 51.5 Å². The van der Waals surface area contributed by atoms with Gasteiger partial charge in [-0.1, -0.05) is 129 Å². The van der Waals surface area contributed by atoms with Crippen molar-refractivity contribution in [1.82, 2.24) is 0 Å². The van der Waals surface area contributed by atoms with Crippen molar-refractivity contribution < 1.29 is 19.0 Å². The molecule has 0 aromatic carbocycles. The van der Waals surface area contributed by atoms with E-state index in [0.717, 1.165) is 18.4 Å². The minimum atomic E-state index is -0.0951. The quantitative estimate of drug-likeness (QED) is 0.0584. The molecule has 2 fully saturated rings. The van der Waals surface area contributed by atoms with Crippen LogP contribution in [0.5, 0.6) is 0 Å². The Hall–Kier alpha value is -0.870. The zero-order valence-corrected chi connectivity index (χ0v) is 25.8. The fraction of sp³-hybridized carbons (Fsp3) is 0.914. The second-order valence-corrected chi connectivity index (χ2v) is 12.9. The normalized spacial score (nSPS) is 25.6. The number of hydrogen-bond donors (Lipinski definition) is 0. The minimum absolute atomic E-state index is 0.0231. The summed E-state index contributed by atoms with van der Waals surface area (Å²) in [6.45, 7) is 4.22. The fourth-order valence-corrected chi connectivity index (χ4v) is 6.43. The molecule has 0 spiro atoms. The van der Waals surface area contributed by atoms with Crippen LogP contribution in [-0.4, -0.2) is 36.5 Å². The molecule has 2 saturated heterocycles. The Kier molecular flexibility index (Phi) is 16.8. The van der Waals surface area contributed by atoms with Crippen molar-refractivity contribution in [3.05, 3.63) is 11.6 Å². The summed E-state index contributed by atoms with van der Waals surface area (Å²) >= 11 is 0. The summed E-state index contributed by atoms with van der Waals surface area (Å²) in [7, 11) is 0. The zero-order valence-electron chi connectivity index (χ0n) is 25.8. The van der Waals surface area contributed by atoms with E-state index in [0.29, 0.717) is 24.4 Å². The van der Waals surface area contributed by atoms with Crippen LogP contribution in [0.4, 0.5) is 0 Å². The first-order valence-electron chi connectivity index (χ1n) is 17.4. The van der Waals surface area contributed by atoms with Gasteiger partial charge < -0.3 is 14.2 Å². The van der Waals surface area contributed by atoms with Crippen LogP contribution in [0.3, 0.4) is 0 Å². The topological polar surface area (TPSA) is 51.4 Å². The molecule has 0 bridgehead atoms. The number of epoxide rings is 2. The molecule has 39 heavy (non-hydrogen) atoms. The van der Waals surface area contributed by atoms with Crippen LogP contribution in [0.1, 0.15) is 174 Å². The van der Waals surface area contributed by atoms with Crippen LogP contribution in [0.15, 0.2) is 11.6 Å². The number of rotatable bonds is 27. The summed E-state index contributed by atoms with van der Waals surface area (Å²) in [5.74, 6) is -0.0951. The summed E-state index contributed by atoms with van der Waals surface area (Å²) in [5.41, 5.74) is 0.894. The molecule has 5 atom stereocenters. The van der Waals surface area contributed by atoms with Gasteiger partial charge in [0.2, 0.25) is 0 Å². The van der Waals surface area contributed by atoms with E-state index in [2.05, 4.69) is 6.92 Å². The van der Waals surface area contributed by atoms with Gasteiger partial charge in [-0.2, -0.15) is 0 Å². The number of ether oxygens (including phenoxy) is 3. The van der Waals surface area contributed by atoms with Gasteiger partial charge in [0.05, 0.1) is 24.4 Å². The number of esters is 1. The highest BCUT2D eigenvalue weighted by Crippen LogP contribution is 2.37. The predicted octanol–water partition coefficient (Wildman–Crippen LogP) is 10.2. The monoisotopic (exact) mass is 546 g/mol. The van der Waals surface area contributed by atoms with Crippen molar-refractivity contribution in [2.45, 2.75) is 205 Å². The van der Waals surface area contributed by atoms with Crippen molar-refractivity contribution in [3.63, 3.8) is 0 Å². The Bertz CT molecular complexity index is 674. The molecule has 0 unspecified atom stereocenters. The first kappa shape index (κ1) is 32.6. The Balaban J connectivity index is 0.988. The molecule has 0 aliphatic carbocycles. The van der Waals surface area contributed by atoms with Gasteiger partial charge >= 0.3 is 5.97 Å². The lowest BCUT2D eigenvalue weighted by Gasteiger charge is -2.03. The van der Waals surface area contributed by atoms with E-state index < -0.39 is 0 Å². The summed E-state index contributed by atoms with van der Waals surface area (Å²) in [4.78, 5) is 11.6. The van der Waals surface area contributed by atoms with E-state index in [1.807, 2.05) is 13.0 Å². The molecule has 0 saturated carbocycles. The van der Waals surface area contributed by atoms with Crippen molar-refractivity contribution >= 4 is 5.97 Å². The lowest BCUT2D eigenvalue weighted by Crippen LogP contribution is -2.03. The molecule has 4 heteroatoms. The van der Waals surface area contributed by atoms with Gasteiger partial charge in [0.15, 0.2) is 0 Å². The molecule has 226 valence electrons. The van der Waals surface area contributed by atoms with Crippen LogP contribution in [0.25, 0.3) is 0 Å². The van der Waals surface area contributed by atoms with Crippen LogP contribution in [-0.2, 0) is 19.0 Å². The van der Waals surface area contributed by atoms with Crippen molar-refractivity contribution in [1.29, 1.82) is 0 Å². The molecule has 0 amide bonds. The van der Waals surface area contributed by atoms with E-state index >= 15 is 0 Å². The van der Waals surface area contributed by atoms with Crippen molar-refractivity contribution in [2.24, 2.45) is 0 Å². The summed E-state index contributed by atoms with van der Waals surface area (Å²) in [5, 5.41) is 0. The summed E-state index contributed by atoms with van der Waals surface area (Å²) in [6.07, 6.45) is 37.3. The molecule has 0 radical (unpaired) electrons. The lowest BCUT2D eigenvalue weighted by molar-refractivity contribution is -0.139. The maximum atomic E-state index is 11.6. The molecular weight excluding hydrogens is 484 g/mol. The van der Waals surface area contributed by atoms with Crippen LogP contribution in [0.2, 0.25) is 0 Å². The average molecular weight is 547 g/mol. The summed E-state index contributed by atoms with van der Waals surface area (Å²) in [6, 6.07) is 0. The predicted molar refractivity (Wildman–Crippen MR) is 162 cm³/mol. The third-order valence-corrected chi connectivity index (χ3v) is 9.13. The van der Waals surface area contributed by atoms with E-state index in [9.17, 15) is 4.79 Å². The third kappa shape index (κ3) is 15.1. The lowest BCUT2D eigenvalue weighted by atomic mass is 10.0. The van der Waals surface area contributed by atoms with E-state index in [-0.39, 0.29) is 12.1 Å². The smallest absolute Gasteiger partial charge is 0.334 e. The minimum Gasteiger partial charge on any atom is -0.455 e. The Morgan fingerprint density at radius 1 is 0.538 bits per heavy atom. The summed E-state index contributed by atoms with van der Waals surface area (Å²) < 4.78 is 17.0. The SMILES string of the molecule is CCCCCCCCCCCC[C@H]1O[C@H]1CC[C@@H]1O[C@@H]1CCCCCCCCCCCCC1=C[C@H](C)OC1=O. The average Bonchev–Trinajstić information content (AvgIpc) is 3.83. The number of cyclic esters (lactones) is 1. The molecule has 0 N–H and O–H groups in total. The maximum absolute atomic E-state index is 11.6. The number of carbonyl (C=O) groups excluding carboxylic acids is 1. The number of unbranched alkanes of at least 4 members (excludes halogenated alkanes) is 18. The molecule has 3 rings (SSSR count). The molecule has 0 aromatic rings. The van der Waals surface area contributed by atoms with Gasteiger partial charge in [0.1, 0.15) is 6.10 Å². The van der Waals surface area contributed by atoms with Gasteiger partial charge in [-0.25, -0.2) is 4.79 Å². The molecule has 3 aliphatic heterocycles. The number of carbonyl (C=O) groups is 1. The van der Waals surface area contributed by atoms with Gasteiger partial charge in [-0.3, -0.25) is 0 Å². The Morgan fingerprint density at radius 2 is 0.923 bits per heavy atom. The highest BCUT2D eigenvalue weighted by atomic mass is 16.6. The maximum Gasteiger partial charge on any atom is 0.334 e. The van der Waals surface area contributed by atoms with E-state index in [4.69, 9.17) is 14.2 Å². The molecule has 3 aliphatic rings. The molecular formula is C35H62O4. The standard InChI is InChI=1S/C35H62O4/c1-3-4-5-6-7-8-12-15-18-21-24-31-33(38-31)26-27-34-32(39-34)25-22-19-16-13-10-9-11-14-17-20-23-30-28-29(2)37-35(30)36/h28-29,31-34H,3-27H2,1-2H3/t29-,31+,32+,33-,34-/m0/s1. The molecule has 3 heterocycles. The molecule has 4 nitrogen and oxygen atoms in total. The van der Waals surface area contributed by atoms with Crippen LogP contribution < -0.4 is 0 Å². The third-order valence-electron chi connectivity index (χ3n) is 9.13. The van der Waals surface area contributed by atoms with E-state index in [1.165, 1.54) is 148 Å². The van der Waals surface area contributed by atoms with Crippen molar-refractivity contribution in [3.8, 4) is 0 Å². The second-order valence-electron chi connectivity index (χ2n) is 12.9. The zero-order chi connectivity index (χ0) is 27.5. The van der Waals surface area contributed by atoms with Crippen LogP contribution >= 0.6 is 0 Å². The fourth-order valence-electron chi connectivity index (χ4n) is 6.43. The first-order chi connectivity index (χ1) is 19.2. The van der Waals surface area contributed by atoms with Gasteiger partial charge in [0.25, 0.3) is 0 Å². The van der Waals surface area contributed by atoms with E-state index in [1.54, 1.807) is 0 Å². The van der Waals surface area contributed by atoms with Crippen molar-refractivity contribution in [2.75, 3.05) is 0 Å². The van der Waals surface area contributed by atoms with Crippen LogP contribution in [0, 0.1) is 0 Å². The number of hydrogen-bond acceptors (Lipinski definition) is 4.